The molecule has 2 fully saturated rings. The van der Waals surface area contributed by atoms with E-state index in [2.05, 4.69) is 9.88 Å². The number of fused-ring (bicyclic) bond motifs is 1. The quantitative estimate of drug-likeness (QED) is 0.818. The highest BCUT2D eigenvalue weighted by Gasteiger charge is 2.36. The number of nitrogens with zero attached hydrogens (tertiary/aromatic N) is 3. The topological polar surface area (TPSA) is 69.3 Å². The van der Waals surface area contributed by atoms with Crippen LogP contribution in [-0.4, -0.2) is 38.8 Å². The van der Waals surface area contributed by atoms with Crippen molar-refractivity contribution in [2.75, 3.05) is 13.1 Å². The van der Waals surface area contributed by atoms with Crippen LogP contribution in [0.15, 0.2) is 29.1 Å². The summed E-state index contributed by atoms with van der Waals surface area (Å²) < 4.78 is 14.0. The van der Waals surface area contributed by atoms with Gasteiger partial charge in [-0.15, -0.1) is 0 Å². The van der Waals surface area contributed by atoms with Crippen molar-refractivity contribution in [3.63, 3.8) is 0 Å². The Labute approximate surface area is 181 Å². The largest absolute Gasteiger partial charge is 0.332 e. The van der Waals surface area contributed by atoms with Gasteiger partial charge in [-0.3, -0.25) is 14.5 Å². The summed E-state index contributed by atoms with van der Waals surface area (Å²) in [5.74, 6) is 0.785. The van der Waals surface area contributed by atoms with Crippen molar-refractivity contribution in [3.8, 4) is 0 Å². The number of rotatable bonds is 4. The number of carbonyl (C=O) groups excluding carboxylic acids is 1. The summed E-state index contributed by atoms with van der Waals surface area (Å²) in [6, 6.07) is 6.64. The van der Waals surface area contributed by atoms with Crippen molar-refractivity contribution in [2.24, 2.45) is 5.92 Å². The fourth-order valence-corrected chi connectivity index (χ4v) is 5.38. The first-order valence-electron chi connectivity index (χ1n) is 11.5. The lowest BCUT2D eigenvalue weighted by Gasteiger charge is -2.30. The molecule has 3 aliphatic rings. The maximum Gasteiger partial charge on any atom is 0.255 e. The van der Waals surface area contributed by atoms with E-state index in [-0.39, 0.29) is 29.2 Å². The minimum Gasteiger partial charge on any atom is -0.332 e. The molecule has 0 spiro atoms. The Morgan fingerprint density at radius 2 is 1.94 bits per heavy atom. The minimum absolute atomic E-state index is 0.123. The van der Waals surface area contributed by atoms with Gasteiger partial charge in [0.25, 0.3) is 5.56 Å². The number of H-pyrrole nitrogens is 1. The van der Waals surface area contributed by atoms with Crippen LogP contribution >= 0.6 is 0 Å². The van der Waals surface area contributed by atoms with Crippen LogP contribution in [-0.2, 0) is 24.3 Å². The molecule has 164 valence electrons. The average molecular weight is 425 g/mol. The number of benzene rings is 1. The van der Waals surface area contributed by atoms with E-state index in [1.165, 1.54) is 6.07 Å². The first-order valence-corrected chi connectivity index (χ1v) is 11.5. The van der Waals surface area contributed by atoms with Crippen molar-refractivity contribution in [3.05, 3.63) is 63.1 Å². The number of amides is 1. The molecule has 1 aromatic heterocycles. The van der Waals surface area contributed by atoms with Crippen LogP contribution in [0.4, 0.5) is 4.39 Å². The zero-order chi connectivity index (χ0) is 21.4. The molecule has 1 saturated carbocycles. The SMILES string of the molecule is O=C(C1CCCC1)N1CCC[C@H]1c1nc2c(c(=O)[nH]1)CN(Cc1ccccc1F)CC2. The molecular formula is C24H29FN4O2. The van der Waals surface area contributed by atoms with Gasteiger partial charge in [-0.25, -0.2) is 9.37 Å². The number of nitrogens with one attached hydrogen (secondary N) is 1. The molecule has 3 heterocycles. The van der Waals surface area contributed by atoms with Crippen molar-refractivity contribution in [2.45, 2.75) is 64.1 Å². The van der Waals surface area contributed by atoms with Gasteiger partial charge in [0.1, 0.15) is 11.6 Å². The van der Waals surface area contributed by atoms with Gasteiger partial charge in [0.15, 0.2) is 0 Å². The summed E-state index contributed by atoms with van der Waals surface area (Å²) in [5.41, 5.74) is 2.00. The van der Waals surface area contributed by atoms with Gasteiger partial charge in [0, 0.05) is 44.1 Å². The molecule has 5 rings (SSSR count). The summed E-state index contributed by atoms with van der Waals surface area (Å²) in [7, 11) is 0. The van der Waals surface area contributed by atoms with Crippen LogP contribution in [0, 0.1) is 11.7 Å². The van der Waals surface area contributed by atoms with E-state index >= 15 is 0 Å². The monoisotopic (exact) mass is 424 g/mol. The third-order valence-electron chi connectivity index (χ3n) is 7.07. The number of hydrogen-bond acceptors (Lipinski definition) is 4. The Bertz CT molecular complexity index is 1030. The third-order valence-corrected chi connectivity index (χ3v) is 7.07. The van der Waals surface area contributed by atoms with E-state index in [0.29, 0.717) is 36.5 Å². The molecular weight excluding hydrogens is 395 g/mol. The van der Waals surface area contributed by atoms with Crippen molar-refractivity contribution >= 4 is 5.91 Å². The summed E-state index contributed by atoms with van der Waals surface area (Å²) >= 11 is 0. The molecule has 1 atom stereocenters. The highest BCUT2D eigenvalue weighted by Crippen LogP contribution is 2.35. The van der Waals surface area contributed by atoms with Crippen LogP contribution in [0.5, 0.6) is 0 Å². The van der Waals surface area contributed by atoms with Gasteiger partial charge in [0.05, 0.1) is 17.3 Å². The zero-order valence-electron chi connectivity index (χ0n) is 17.8. The van der Waals surface area contributed by atoms with E-state index in [4.69, 9.17) is 4.98 Å². The molecule has 0 unspecified atom stereocenters. The van der Waals surface area contributed by atoms with Gasteiger partial charge in [-0.2, -0.15) is 0 Å². The summed E-state index contributed by atoms with van der Waals surface area (Å²) in [6.45, 7) is 2.41. The average Bonchev–Trinajstić information content (AvgIpc) is 3.48. The van der Waals surface area contributed by atoms with Crippen LogP contribution in [0.1, 0.15) is 67.2 Å². The molecule has 1 saturated heterocycles. The molecule has 6 nitrogen and oxygen atoms in total. The fraction of sp³-hybridized carbons (Fsp3) is 0.542. The van der Waals surface area contributed by atoms with Crippen LogP contribution < -0.4 is 5.56 Å². The number of carbonyl (C=O) groups is 1. The van der Waals surface area contributed by atoms with E-state index in [1.807, 2.05) is 11.0 Å². The lowest BCUT2D eigenvalue weighted by molar-refractivity contribution is -0.136. The number of likely N-dealkylation sites (tertiary alicyclic amines) is 1. The van der Waals surface area contributed by atoms with Crippen molar-refractivity contribution in [1.82, 2.24) is 19.8 Å². The Balaban J connectivity index is 1.34. The molecule has 2 aliphatic heterocycles. The molecule has 1 N–H and O–H groups in total. The summed E-state index contributed by atoms with van der Waals surface area (Å²) in [6.07, 6.45) is 6.67. The molecule has 7 heteroatoms. The number of aromatic nitrogens is 2. The molecule has 1 amide bonds. The third kappa shape index (κ3) is 4.03. The molecule has 0 radical (unpaired) electrons. The Morgan fingerprint density at radius 3 is 2.74 bits per heavy atom. The van der Waals surface area contributed by atoms with Gasteiger partial charge >= 0.3 is 0 Å². The lowest BCUT2D eigenvalue weighted by Crippen LogP contribution is -2.39. The highest BCUT2D eigenvalue weighted by molar-refractivity contribution is 5.79. The van der Waals surface area contributed by atoms with Crippen molar-refractivity contribution in [1.29, 1.82) is 0 Å². The van der Waals surface area contributed by atoms with Gasteiger partial charge in [0.2, 0.25) is 5.91 Å². The lowest BCUT2D eigenvalue weighted by atomic mass is 10.0. The molecule has 2 aromatic rings. The molecule has 1 aliphatic carbocycles. The first-order chi connectivity index (χ1) is 15.1. The maximum absolute atomic E-state index is 14.0. The predicted octanol–water partition coefficient (Wildman–Crippen LogP) is 3.32. The van der Waals surface area contributed by atoms with Crippen LogP contribution in [0.2, 0.25) is 0 Å². The van der Waals surface area contributed by atoms with E-state index in [0.717, 1.165) is 57.3 Å². The maximum atomic E-state index is 14.0. The zero-order valence-corrected chi connectivity index (χ0v) is 17.8. The second-order valence-corrected chi connectivity index (χ2v) is 9.10. The second-order valence-electron chi connectivity index (χ2n) is 9.10. The Kier molecular flexibility index (Phi) is 5.61. The minimum atomic E-state index is -0.219. The summed E-state index contributed by atoms with van der Waals surface area (Å²) in [4.78, 5) is 37.8. The van der Waals surface area contributed by atoms with Gasteiger partial charge in [-0.05, 0) is 31.7 Å². The smallest absolute Gasteiger partial charge is 0.255 e. The van der Waals surface area contributed by atoms with E-state index in [1.54, 1.807) is 12.1 Å². The fourth-order valence-electron chi connectivity index (χ4n) is 5.38. The number of halogens is 1. The normalized spacial score (nSPS) is 22.1. The predicted molar refractivity (Wildman–Crippen MR) is 115 cm³/mol. The number of aromatic amines is 1. The van der Waals surface area contributed by atoms with Gasteiger partial charge < -0.3 is 9.88 Å². The standard InChI is InChI=1S/C24H29FN4O2/c25-19-9-4-3-8-17(19)14-28-13-11-20-18(15-28)23(30)27-22(26-20)21-10-5-12-29(21)24(31)16-6-1-2-7-16/h3-4,8-9,16,21H,1-2,5-7,10-15H2,(H,26,27,30)/t21-/m0/s1. The summed E-state index contributed by atoms with van der Waals surface area (Å²) in [5, 5.41) is 0. The molecule has 1 aromatic carbocycles. The van der Waals surface area contributed by atoms with E-state index in [9.17, 15) is 14.0 Å². The second kappa shape index (κ2) is 8.54. The first kappa shape index (κ1) is 20.4. The van der Waals surface area contributed by atoms with E-state index < -0.39 is 0 Å². The van der Waals surface area contributed by atoms with Crippen LogP contribution in [0.25, 0.3) is 0 Å². The van der Waals surface area contributed by atoms with Gasteiger partial charge in [-0.1, -0.05) is 31.0 Å². The van der Waals surface area contributed by atoms with Crippen molar-refractivity contribution < 1.29 is 9.18 Å². The molecule has 31 heavy (non-hydrogen) atoms. The Morgan fingerprint density at radius 1 is 1.13 bits per heavy atom. The Hall–Kier alpha value is -2.54. The van der Waals surface area contributed by atoms with Crippen LogP contribution in [0.3, 0.4) is 0 Å². The highest BCUT2D eigenvalue weighted by atomic mass is 19.1. The number of hydrogen-bond donors (Lipinski definition) is 1. The molecule has 0 bridgehead atoms.